The second-order valence-corrected chi connectivity index (χ2v) is 7.79. The first-order chi connectivity index (χ1) is 12.6. The van der Waals surface area contributed by atoms with Crippen LogP contribution in [-0.4, -0.2) is 27.8 Å². The molecule has 0 aliphatic heterocycles. The first kappa shape index (κ1) is 18.8. The van der Waals surface area contributed by atoms with Crippen molar-refractivity contribution >= 4 is 45.4 Å². The number of methoxy groups -OCH3 is 1. The minimum absolute atomic E-state index is 0.0293. The third kappa shape index (κ3) is 4.60. The minimum Gasteiger partial charge on any atom is -0.497 e. The first-order valence-corrected chi connectivity index (χ1v) is 9.94. The van der Waals surface area contributed by atoms with Crippen LogP contribution in [0.3, 0.4) is 0 Å². The first-order valence-electron chi connectivity index (χ1n) is 7.86. The number of aromatic amines is 1. The van der Waals surface area contributed by atoms with Crippen molar-refractivity contribution in [1.82, 2.24) is 20.1 Å². The number of benzene rings is 1. The molecule has 2 N–H and O–H groups in total. The van der Waals surface area contributed by atoms with Crippen molar-refractivity contribution in [3.8, 4) is 17.1 Å². The molecular weight excluding hydrogens is 436 g/mol. The number of ether oxygens (including phenoxy) is 1. The molecule has 0 atom stereocenters. The van der Waals surface area contributed by atoms with E-state index in [0.717, 1.165) is 20.7 Å². The molecule has 0 saturated heterocycles. The quantitative estimate of drug-likeness (QED) is 0.528. The second kappa shape index (κ2) is 8.61. The normalized spacial score (nSPS) is 10.7. The molecule has 0 radical (unpaired) electrons. The van der Waals surface area contributed by atoms with Crippen LogP contribution in [0.5, 0.6) is 5.75 Å². The fourth-order valence-corrected chi connectivity index (χ4v) is 4.03. The van der Waals surface area contributed by atoms with Crippen molar-refractivity contribution in [2.24, 2.45) is 0 Å². The van der Waals surface area contributed by atoms with Gasteiger partial charge in [-0.2, -0.15) is 5.10 Å². The third-order valence-electron chi connectivity index (χ3n) is 3.75. The van der Waals surface area contributed by atoms with E-state index in [1.54, 1.807) is 18.4 Å². The molecule has 2 aromatic heterocycles. The molecule has 0 bridgehead atoms. The van der Waals surface area contributed by atoms with Crippen LogP contribution in [0.25, 0.3) is 11.4 Å². The fraction of sp³-hybridized carbons (Fsp3) is 0.235. The standard InChI is InChI=1S/C17H17BrN4O2S2/c1-24-13-4-2-11(3-5-13)16-20-21-17(25)22(16)7-6-15(23)19-9-14-8-12(18)10-26-14/h2-5,8,10H,6-7,9H2,1H3,(H,19,23)(H,21,25). The Labute approximate surface area is 168 Å². The van der Waals surface area contributed by atoms with Gasteiger partial charge < -0.3 is 10.1 Å². The topological polar surface area (TPSA) is 71.9 Å². The Morgan fingerprint density at radius 1 is 1.42 bits per heavy atom. The lowest BCUT2D eigenvalue weighted by Crippen LogP contribution is -2.23. The molecule has 136 valence electrons. The van der Waals surface area contributed by atoms with Gasteiger partial charge in [0.25, 0.3) is 0 Å². The summed E-state index contributed by atoms with van der Waals surface area (Å²) < 4.78 is 8.53. The molecule has 3 aromatic rings. The van der Waals surface area contributed by atoms with E-state index in [2.05, 4.69) is 31.4 Å². The summed E-state index contributed by atoms with van der Waals surface area (Å²) >= 11 is 10.3. The average Bonchev–Trinajstić information content (AvgIpc) is 3.23. The Kier molecular flexibility index (Phi) is 6.23. The number of nitrogens with one attached hydrogen (secondary N) is 2. The predicted molar refractivity (Wildman–Crippen MR) is 108 cm³/mol. The van der Waals surface area contributed by atoms with Crippen LogP contribution in [0, 0.1) is 4.77 Å². The van der Waals surface area contributed by atoms with E-state index in [1.807, 2.05) is 40.3 Å². The maximum Gasteiger partial charge on any atom is 0.222 e. The zero-order chi connectivity index (χ0) is 18.5. The molecule has 0 saturated carbocycles. The van der Waals surface area contributed by atoms with Gasteiger partial charge in [-0.15, -0.1) is 11.3 Å². The summed E-state index contributed by atoms with van der Waals surface area (Å²) in [6, 6.07) is 9.55. The molecule has 0 fully saturated rings. The molecule has 9 heteroatoms. The molecular formula is C17H17BrN4O2S2. The predicted octanol–water partition coefficient (Wildman–Crippen LogP) is 4.15. The van der Waals surface area contributed by atoms with Gasteiger partial charge >= 0.3 is 0 Å². The number of halogens is 1. The number of hydrogen-bond donors (Lipinski definition) is 2. The summed E-state index contributed by atoms with van der Waals surface area (Å²) in [5.74, 6) is 1.44. The van der Waals surface area contributed by atoms with Crippen LogP contribution in [0.1, 0.15) is 11.3 Å². The SMILES string of the molecule is COc1ccc(-c2n[nH]c(=S)n2CCC(=O)NCc2cc(Br)cs2)cc1. The number of rotatable bonds is 7. The molecule has 0 aliphatic rings. The fourth-order valence-electron chi connectivity index (χ4n) is 2.42. The van der Waals surface area contributed by atoms with Crippen LogP contribution in [0.4, 0.5) is 0 Å². The van der Waals surface area contributed by atoms with Gasteiger partial charge in [0.1, 0.15) is 5.75 Å². The molecule has 3 rings (SSSR count). The summed E-state index contributed by atoms with van der Waals surface area (Å²) in [5.41, 5.74) is 0.905. The van der Waals surface area contributed by atoms with E-state index in [-0.39, 0.29) is 5.91 Å². The van der Waals surface area contributed by atoms with E-state index >= 15 is 0 Å². The van der Waals surface area contributed by atoms with Gasteiger partial charge in [-0.25, -0.2) is 0 Å². The van der Waals surface area contributed by atoms with Crippen molar-refractivity contribution in [2.45, 2.75) is 19.5 Å². The second-order valence-electron chi connectivity index (χ2n) is 5.49. The molecule has 1 aromatic carbocycles. The maximum atomic E-state index is 12.1. The van der Waals surface area contributed by atoms with E-state index < -0.39 is 0 Å². The third-order valence-corrected chi connectivity index (χ3v) is 5.76. The number of amides is 1. The lowest BCUT2D eigenvalue weighted by molar-refractivity contribution is -0.121. The summed E-state index contributed by atoms with van der Waals surface area (Å²) in [7, 11) is 1.62. The Morgan fingerprint density at radius 3 is 2.85 bits per heavy atom. The van der Waals surface area contributed by atoms with Crippen molar-refractivity contribution in [3.05, 3.63) is 49.8 Å². The van der Waals surface area contributed by atoms with Crippen molar-refractivity contribution in [1.29, 1.82) is 0 Å². The van der Waals surface area contributed by atoms with Gasteiger partial charge in [-0.05, 0) is 58.5 Å². The molecule has 2 heterocycles. The van der Waals surface area contributed by atoms with Crippen LogP contribution in [0.2, 0.25) is 0 Å². The molecule has 0 aliphatic carbocycles. The number of H-pyrrole nitrogens is 1. The van der Waals surface area contributed by atoms with Gasteiger partial charge in [0.05, 0.1) is 13.7 Å². The Bertz CT molecular complexity index is 946. The average molecular weight is 453 g/mol. The van der Waals surface area contributed by atoms with Crippen LogP contribution in [0.15, 0.2) is 40.2 Å². The lowest BCUT2D eigenvalue weighted by Gasteiger charge is -2.08. The number of carbonyl (C=O) groups excluding carboxylic acids is 1. The molecule has 0 spiro atoms. The summed E-state index contributed by atoms with van der Waals surface area (Å²) in [5, 5.41) is 12.0. The highest BCUT2D eigenvalue weighted by Crippen LogP contribution is 2.21. The van der Waals surface area contributed by atoms with E-state index in [4.69, 9.17) is 17.0 Å². The highest BCUT2D eigenvalue weighted by Gasteiger charge is 2.11. The van der Waals surface area contributed by atoms with Gasteiger partial charge in [0.2, 0.25) is 5.91 Å². The highest BCUT2D eigenvalue weighted by molar-refractivity contribution is 9.10. The monoisotopic (exact) mass is 452 g/mol. The van der Waals surface area contributed by atoms with Crippen LogP contribution >= 0.6 is 39.5 Å². The zero-order valence-corrected chi connectivity index (χ0v) is 17.2. The van der Waals surface area contributed by atoms with Gasteiger partial charge in [0, 0.05) is 33.3 Å². The van der Waals surface area contributed by atoms with Crippen molar-refractivity contribution in [2.75, 3.05) is 7.11 Å². The smallest absolute Gasteiger partial charge is 0.222 e. The summed E-state index contributed by atoms with van der Waals surface area (Å²) in [6.45, 7) is 0.980. The Morgan fingerprint density at radius 2 is 2.19 bits per heavy atom. The van der Waals surface area contributed by atoms with Gasteiger partial charge in [-0.3, -0.25) is 14.5 Å². The number of aromatic nitrogens is 3. The van der Waals surface area contributed by atoms with E-state index in [0.29, 0.717) is 30.1 Å². The highest BCUT2D eigenvalue weighted by atomic mass is 79.9. The Hall–Kier alpha value is -1.97. The van der Waals surface area contributed by atoms with Gasteiger partial charge in [-0.1, -0.05) is 0 Å². The molecule has 0 unspecified atom stereocenters. The summed E-state index contributed by atoms with van der Waals surface area (Å²) in [6.07, 6.45) is 0.323. The zero-order valence-electron chi connectivity index (χ0n) is 14.0. The van der Waals surface area contributed by atoms with Crippen molar-refractivity contribution in [3.63, 3.8) is 0 Å². The Balaban J connectivity index is 1.63. The minimum atomic E-state index is -0.0293. The largest absolute Gasteiger partial charge is 0.497 e. The molecule has 1 amide bonds. The number of hydrogen-bond acceptors (Lipinski definition) is 5. The summed E-state index contributed by atoms with van der Waals surface area (Å²) in [4.78, 5) is 13.2. The lowest BCUT2D eigenvalue weighted by atomic mass is 10.2. The van der Waals surface area contributed by atoms with Crippen LogP contribution in [-0.2, 0) is 17.9 Å². The molecule has 26 heavy (non-hydrogen) atoms. The van der Waals surface area contributed by atoms with E-state index in [9.17, 15) is 4.79 Å². The van der Waals surface area contributed by atoms with Crippen LogP contribution < -0.4 is 10.1 Å². The van der Waals surface area contributed by atoms with Gasteiger partial charge in [0.15, 0.2) is 10.6 Å². The maximum absolute atomic E-state index is 12.1. The molecule has 6 nitrogen and oxygen atoms in total. The number of nitrogens with zero attached hydrogens (tertiary/aromatic N) is 2. The number of thiophene rings is 1. The van der Waals surface area contributed by atoms with E-state index in [1.165, 1.54) is 0 Å². The van der Waals surface area contributed by atoms with Crippen molar-refractivity contribution < 1.29 is 9.53 Å². The number of carbonyl (C=O) groups is 1.